The zero-order chi connectivity index (χ0) is 10.8. The molecule has 0 heterocycles. The quantitative estimate of drug-likeness (QED) is 0.554. The minimum absolute atomic E-state index is 0.0263. The molecule has 1 unspecified atom stereocenters. The zero-order valence-electron chi connectivity index (χ0n) is 9.71. The van der Waals surface area contributed by atoms with Crippen LogP contribution in [-0.4, -0.2) is 24.6 Å². The largest absolute Gasteiger partial charge is 0.385 e. The average molecular weight is 198 g/mol. The molecule has 3 nitrogen and oxygen atoms in total. The van der Waals surface area contributed by atoms with Gasteiger partial charge in [-0.15, -0.1) is 0 Å². The predicted molar refractivity (Wildman–Crippen MR) is 59.5 cm³/mol. The molecular weight excluding hydrogens is 176 g/mol. The smallest absolute Gasteiger partial charge is 0.124 e. The molecule has 1 fully saturated rings. The van der Waals surface area contributed by atoms with Gasteiger partial charge in [0.2, 0.25) is 0 Å². The zero-order valence-corrected chi connectivity index (χ0v) is 9.71. The molecule has 1 atom stereocenters. The topological polar surface area (TPSA) is 47.6 Å². The molecular formula is C11H22N2O. The summed E-state index contributed by atoms with van der Waals surface area (Å²) >= 11 is 0. The molecule has 0 aromatic rings. The monoisotopic (exact) mass is 198 g/mol. The number of amidine groups is 1. The van der Waals surface area contributed by atoms with Crippen molar-refractivity contribution in [2.45, 2.75) is 52.7 Å². The van der Waals surface area contributed by atoms with Gasteiger partial charge in [0.05, 0.1) is 6.04 Å². The molecule has 1 rings (SSSR count). The van der Waals surface area contributed by atoms with Crippen molar-refractivity contribution >= 4 is 5.84 Å². The Hall–Kier alpha value is -0.570. The van der Waals surface area contributed by atoms with Gasteiger partial charge >= 0.3 is 0 Å². The summed E-state index contributed by atoms with van der Waals surface area (Å²) in [5.41, 5.74) is 5.98. The number of nitrogens with two attached hydrogens (primary N) is 1. The summed E-state index contributed by atoms with van der Waals surface area (Å²) in [5, 5.41) is 0. The van der Waals surface area contributed by atoms with Crippen molar-refractivity contribution in [3.05, 3.63) is 0 Å². The molecule has 0 aromatic heterocycles. The Labute approximate surface area is 86.7 Å². The Morgan fingerprint density at radius 3 is 2.43 bits per heavy atom. The molecule has 0 bridgehead atoms. The van der Waals surface area contributed by atoms with E-state index in [1.54, 1.807) is 0 Å². The average Bonchev–Trinajstić information content (AvgIpc) is 2.81. The van der Waals surface area contributed by atoms with E-state index in [1.165, 1.54) is 12.8 Å². The molecule has 2 N–H and O–H groups in total. The lowest BCUT2D eigenvalue weighted by Gasteiger charge is -2.29. The molecule has 0 aromatic carbocycles. The van der Waals surface area contributed by atoms with Gasteiger partial charge in [-0.1, -0.05) is 20.8 Å². The number of ether oxygens (including phenoxy) is 1. The number of rotatable bonds is 4. The Bertz CT molecular complexity index is 214. The van der Waals surface area contributed by atoms with E-state index in [0.717, 1.165) is 0 Å². The maximum absolute atomic E-state index is 5.96. The third-order valence-electron chi connectivity index (χ3n) is 2.27. The SMILES string of the molecule is CCOC(C(N)=NC1CC1)C(C)(C)C. The second-order valence-corrected chi connectivity index (χ2v) is 4.99. The van der Waals surface area contributed by atoms with Crippen molar-refractivity contribution in [2.75, 3.05) is 6.61 Å². The van der Waals surface area contributed by atoms with Gasteiger partial charge in [0.1, 0.15) is 11.9 Å². The normalized spacial score (nSPS) is 21.0. The van der Waals surface area contributed by atoms with Gasteiger partial charge < -0.3 is 10.5 Å². The van der Waals surface area contributed by atoms with Crippen LogP contribution in [-0.2, 0) is 4.74 Å². The third-order valence-corrected chi connectivity index (χ3v) is 2.27. The van der Waals surface area contributed by atoms with Crippen LogP contribution in [0.15, 0.2) is 4.99 Å². The fourth-order valence-corrected chi connectivity index (χ4v) is 1.43. The second-order valence-electron chi connectivity index (χ2n) is 4.99. The van der Waals surface area contributed by atoms with E-state index < -0.39 is 0 Å². The third kappa shape index (κ3) is 3.29. The minimum Gasteiger partial charge on any atom is -0.385 e. The second kappa shape index (κ2) is 4.30. The Morgan fingerprint density at radius 1 is 1.50 bits per heavy atom. The Balaban J connectivity index is 2.65. The van der Waals surface area contributed by atoms with Crippen molar-refractivity contribution < 1.29 is 4.74 Å². The van der Waals surface area contributed by atoms with Crippen LogP contribution in [0.2, 0.25) is 0 Å². The highest BCUT2D eigenvalue weighted by molar-refractivity contribution is 5.86. The van der Waals surface area contributed by atoms with Gasteiger partial charge in [0.15, 0.2) is 0 Å². The highest BCUT2D eigenvalue weighted by atomic mass is 16.5. The summed E-state index contributed by atoms with van der Waals surface area (Å²) < 4.78 is 5.64. The summed E-state index contributed by atoms with van der Waals surface area (Å²) in [6, 6.07) is 0.473. The molecule has 1 saturated carbocycles. The van der Waals surface area contributed by atoms with Crippen LogP contribution in [0, 0.1) is 5.41 Å². The highest BCUT2D eigenvalue weighted by Crippen LogP contribution is 2.27. The lowest BCUT2D eigenvalue weighted by molar-refractivity contribution is 0.0352. The highest BCUT2D eigenvalue weighted by Gasteiger charge is 2.30. The van der Waals surface area contributed by atoms with Crippen LogP contribution < -0.4 is 5.73 Å². The number of hydrogen-bond donors (Lipinski definition) is 1. The first-order valence-corrected chi connectivity index (χ1v) is 5.40. The van der Waals surface area contributed by atoms with E-state index in [1.807, 2.05) is 6.92 Å². The standard InChI is InChI=1S/C11H22N2O/c1-5-14-9(11(2,3)4)10(12)13-8-6-7-8/h8-9H,5-7H2,1-4H3,(H2,12,13). The van der Waals surface area contributed by atoms with Crippen molar-refractivity contribution in [1.29, 1.82) is 0 Å². The van der Waals surface area contributed by atoms with Crippen molar-refractivity contribution in [1.82, 2.24) is 0 Å². The first-order valence-electron chi connectivity index (χ1n) is 5.40. The molecule has 0 amide bonds. The summed E-state index contributed by atoms with van der Waals surface area (Å²) in [6.45, 7) is 9.06. The van der Waals surface area contributed by atoms with Crippen LogP contribution >= 0.6 is 0 Å². The van der Waals surface area contributed by atoms with Gasteiger partial charge in [0.25, 0.3) is 0 Å². The molecule has 0 saturated heterocycles. The van der Waals surface area contributed by atoms with E-state index in [-0.39, 0.29) is 11.5 Å². The molecule has 14 heavy (non-hydrogen) atoms. The minimum atomic E-state index is -0.0481. The molecule has 1 aliphatic rings. The summed E-state index contributed by atoms with van der Waals surface area (Å²) in [6.07, 6.45) is 2.32. The number of aliphatic imine (C=N–C) groups is 1. The van der Waals surface area contributed by atoms with E-state index in [4.69, 9.17) is 10.5 Å². The summed E-state index contributed by atoms with van der Waals surface area (Å²) in [4.78, 5) is 4.44. The Kier molecular flexibility index (Phi) is 3.53. The first-order chi connectivity index (χ1) is 6.45. The molecule has 0 spiro atoms. The maximum Gasteiger partial charge on any atom is 0.124 e. The molecule has 0 aliphatic heterocycles. The van der Waals surface area contributed by atoms with Crippen LogP contribution in [0.5, 0.6) is 0 Å². The number of nitrogens with zero attached hydrogens (tertiary/aromatic N) is 1. The van der Waals surface area contributed by atoms with Crippen LogP contribution in [0.3, 0.4) is 0 Å². The van der Waals surface area contributed by atoms with Gasteiger partial charge in [-0.05, 0) is 25.2 Å². The fraction of sp³-hybridized carbons (Fsp3) is 0.909. The van der Waals surface area contributed by atoms with Crippen LogP contribution in [0.25, 0.3) is 0 Å². The molecule has 0 radical (unpaired) electrons. The maximum atomic E-state index is 5.96. The molecule has 3 heteroatoms. The van der Waals surface area contributed by atoms with Gasteiger partial charge in [-0.25, -0.2) is 0 Å². The van der Waals surface area contributed by atoms with E-state index >= 15 is 0 Å². The lowest BCUT2D eigenvalue weighted by atomic mass is 9.88. The van der Waals surface area contributed by atoms with E-state index in [0.29, 0.717) is 18.5 Å². The first kappa shape index (κ1) is 11.5. The number of hydrogen-bond acceptors (Lipinski definition) is 2. The van der Waals surface area contributed by atoms with Gasteiger partial charge in [-0.2, -0.15) is 0 Å². The van der Waals surface area contributed by atoms with E-state index in [9.17, 15) is 0 Å². The fourth-order valence-electron chi connectivity index (χ4n) is 1.43. The van der Waals surface area contributed by atoms with Gasteiger partial charge in [0, 0.05) is 6.61 Å². The van der Waals surface area contributed by atoms with Crippen molar-refractivity contribution in [2.24, 2.45) is 16.1 Å². The molecule has 82 valence electrons. The van der Waals surface area contributed by atoms with E-state index in [2.05, 4.69) is 25.8 Å². The summed E-state index contributed by atoms with van der Waals surface area (Å²) in [7, 11) is 0. The van der Waals surface area contributed by atoms with Crippen LogP contribution in [0.1, 0.15) is 40.5 Å². The predicted octanol–water partition coefficient (Wildman–Crippen LogP) is 1.96. The van der Waals surface area contributed by atoms with Crippen molar-refractivity contribution in [3.63, 3.8) is 0 Å². The van der Waals surface area contributed by atoms with Crippen molar-refractivity contribution in [3.8, 4) is 0 Å². The Morgan fingerprint density at radius 2 is 2.07 bits per heavy atom. The lowest BCUT2D eigenvalue weighted by Crippen LogP contribution is -2.42. The summed E-state index contributed by atoms with van der Waals surface area (Å²) in [5.74, 6) is 0.668. The van der Waals surface area contributed by atoms with Gasteiger partial charge in [-0.3, -0.25) is 4.99 Å². The van der Waals surface area contributed by atoms with Crippen LogP contribution in [0.4, 0.5) is 0 Å². The molecule has 1 aliphatic carbocycles.